The van der Waals surface area contributed by atoms with E-state index in [1.807, 2.05) is 12.1 Å². The van der Waals surface area contributed by atoms with Crippen LogP contribution in [0.2, 0.25) is 0 Å². The summed E-state index contributed by atoms with van der Waals surface area (Å²) in [5.74, 6) is 1.88. The molecule has 2 aromatic rings. The molecular weight excluding hydrogens is 280 g/mol. The number of rotatable bonds is 6. The summed E-state index contributed by atoms with van der Waals surface area (Å²) in [5.41, 5.74) is 6.87. The lowest BCUT2D eigenvalue weighted by atomic mass is 9.88. The predicted molar refractivity (Wildman–Crippen MR) is 97.0 cm³/mol. The SMILES string of the molecule is CC(C)c1cc(CC(C)c2cccc(CO)c2)ccc1C1CC1. The van der Waals surface area contributed by atoms with E-state index in [2.05, 4.69) is 51.1 Å². The molecule has 0 bridgehead atoms. The van der Waals surface area contributed by atoms with Gasteiger partial charge >= 0.3 is 0 Å². The third-order valence-corrected chi connectivity index (χ3v) is 5.03. The molecule has 0 aromatic heterocycles. The Morgan fingerprint density at radius 3 is 2.43 bits per heavy atom. The first kappa shape index (κ1) is 16.3. The highest BCUT2D eigenvalue weighted by molar-refractivity contribution is 5.39. The van der Waals surface area contributed by atoms with Crippen LogP contribution < -0.4 is 0 Å². The lowest BCUT2D eigenvalue weighted by Gasteiger charge is -2.17. The molecule has 1 aliphatic carbocycles. The van der Waals surface area contributed by atoms with Crippen LogP contribution in [0.1, 0.15) is 79.2 Å². The van der Waals surface area contributed by atoms with Gasteiger partial charge in [0, 0.05) is 0 Å². The molecule has 0 saturated heterocycles. The number of aliphatic hydroxyl groups is 1. The van der Waals surface area contributed by atoms with Crippen LogP contribution in [0.5, 0.6) is 0 Å². The maximum Gasteiger partial charge on any atom is 0.0681 e. The van der Waals surface area contributed by atoms with Crippen molar-refractivity contribution < 1.29 is 5.11 Å². The van der Waals surface area contributed by atoms with Gasteiger partial charge in [0.25, 0.3) is 0 Å². The molecule has 1 saturated carbocycles. The molecule has 1 atom stereocenters. The van der Waals surface area contributed by atoms with Crippen molar-refractivity contribution >= 4 is 0 Å². The van der Waals surface area contributed by atoms with Gasteiger partial charge in [-0.1, -0.05) is 63.2 Å². The molecule has 3 rings (SSSR count). The summed E-state index contributed by atoms with van der Waals surface area (Å²) in [6.07, 6.45) is 3.78. The van der Waals surface area contributed by atoms with Gasteiger partial charge in [-0.25, -0.2) is 0 Å². The smallest absolute Gasteiger partial charge is 0.0681 e. The van der Waals surface area contributed by atoms with Crippen molar-refractivity contribution in [2.45, 2.75) is 64.4 Å². The summed E-state index contributed by atoms with van der Waals surface area (Å²) < 4.78 is 0. The average Bonchev–Trinajstić information content (AvgIpc) is 3.39. The van der Waals surface area contributed by atoms with Crippen molar-refractivity contribution in [3.63, 3.8) is 0 Å². The van der Waals surface area contributed by atoms with Crippen molar-refractivity contribution in [1.82, 2.24) is 0 Å². The Morgan fingerprint density at radius 2 is 1.78 bits per heavy atom. The fourth-order valence-electron chi connectivity index (χ4n) is 3.49. The maximum absolute atomic E-state index is 9.32. The molecule has 0 radical (unpaired) electrons. The van der Waals surface area contributed by atoms with Crippen LogP contribution in [-0.2, 0) is 13.0 Å². The van der Waals surface area contributed by atoms with Gasteiger partial charge in [0.05, 0.1) is 6.61 Å². The third kappa shape index (κ3) is 3.84. The van der Waals surface area contributed by atoms with Crippen molar-refractivity contribution in [3.05, 3.63) is 70.3 Å². The Labute approximate surface area is 140 Å². The highest BCUT2D eigenvalue weighted by atomic mass is 16.3. The van der Waals surface area contributed by atoms with E-state index >= 15 is 0 Å². The Balaban J connectivity index is 1.80. The minimum atomic E-state index is 0.119. The number of hydrogen-bond donors (Lipinski definition) is 1. The zero-order valence-corrected chi connectivity index (χ0v) is 14.5. The second-order valence-electron chi connectivity index (χ2n) is 7.40. The van der Waals surface area contributed by atoms with Gasteiger partial charge in [0.2, 0.25) is 0 Å². The van der Waals surface area contributed by atoms with Crippen LogP contribution in [-0.4, -0.2) is 5.11 Å². The monoisotopic (exact) mass is 308 g/mol. The van der Waals surface area contributed by atoms with E-state index in [0.717, 1.165) is 17.9 Å². The second kappa shape index (κ2) is 6.88. The topological polar surface area (TPSA) is 20.2 Å². The summed E-state index contributed by atoms with van der Waals surface area (Å²) >= 11 is 0. The van der Waals surface area contributed by atoms with E-state index in [0.29, 0.717) is 11.8 Å². The van der Waals surface area contributed by atoms with Gasteiger partial charge in [-0.15, -0.1) is 0 Å². The number of benzene rings is 2. The Kier molecular flexibility index (Phi) is 4.87. The molecule has 1 heteroatoms. The van der Waals surface area contributed by atoms with E-state index in [1.165, 1.54) is 24.0 Å². The average molecular weight is 308 g/mol. The van der Waals surface area contributed by atoms with E-state index in [9.17, 15) is 5.11 Å². The van der Waals surface area contributed by atoms with Gasteiger partial charge in [-0.2, -0.15) is 0 Å². The molecule has 1 nitrogen and oxygen atoms in total. The minimum Gasteiger partial charge on any atom is -0.392 e. The van der Waals surface area contributed by atoms with E-state index in [4.69, 9.17) is 0 Å². The van der Waals surface area contributed by atoms with E-state index in [-0.39, 0.29) is 6.61 Å². The standard InChI is InChI=1S/C22H28O/c1-15(2)22-13-17(7-10-21(22)19-8-9-19)11-16(3)20-6-4-5-18(12-20)14-23/h4-7,10,12-13,15-16,19,23H,8-9,11,14H2,1-3H3. The highest BCUT2D eigenvalue weighted by Crippen LogP contribution is 2.43. The lowest BCUT2D eigenvalue weighted by molar-refractivity contribution is 0.281. The fraction of sp³-hybridized carbons (Fsp3) is 0.455. The summed E-state index contributed by atoms with van der Waals surface area (Å²) in [6.45, 7) is 7.01. The van der Waals surface area contributed by atoms with Gasteiger partial charge in [-0.05, 0) is 64.8 Å². The van der Waals surface area contributed by atoms with Gasteiger partial charge in [0.1, 0.15) is 0 Å². The van der Waals surface area contributed by atoms with E-state index < -0.39 is 0 Å². The summed E-state index contributed by atoms with van der Waals surface area (Å²) in [7, 11) is 0. The molecule has 1 unspecified atom stereocenters. The van der Waals surface area contributed by atoms with Crippen molar-refractivity contribution in [1.29, 1.82) is 0 Å². The van der Waals surface area contributed by atoms with Gasteiger partial charge < -0.3 is 5.11 Å². The van der Waals surface area contributed by atoms with Crippen molar-refractivity contribution in [2.24, 2.45) is 0 Å². The van der Waals surface area contributed by atoms with Crippen LogP contribution >= 0.6 is 0 Å². The molecule has 1 aliphatic rings. The molecule has 122 valence electrons. The Bertz CT molecular complexity index is 667. The minimum absolute atomic E-state index is 0.119. The first-order chi connectivity index (χ1) is 11.1. The quantitative estimate of drug-likeness (QED) is 0.744. The van der Waals surface area contributed by atoms with Crippen LogP contribution in [0, 0.1) is 0 Å². The van der Waals surface area contributed by atoms with Gasteiger partial charge in [0.15, 0.2) is 0 Å². The third-order valence-electron chi connectivity index (χ3n) is 5.03. The molecule has 23 heavy (non-hydrogen) atoms. The molecule has 1 N–H and O–H groups in total. The zero-order valence-electron chi connectivity index (χ0n) is 14.5. The maximum atomic E-state index is 9.32. The molecule has 0 spiro atoms. The molecule has 0 heterocycles. The van der Waals surface area contributed by atoms with Crippen LogP contribution in [0.4, 0.5) is 0 Å². The first-order valence-electron chi connectivity index (χ1n) is 8.91. The predicted octanol–water partition coefficient (Wildman–Crippen LogP) is 5.53. The number of aliphatic hydroxyl groups excluding tert-OH is 1. The molecule has 0 aliphatic heterocycles. The van der Waals surface area contributed by atoms with Gasteiger partial charge in [-0.3, -0.25) is 0 Å². The summed E-state index contributed by atoms with van der Waals surface area (Å²) in [6, 6.07) is 15.5. The highest BCUT2D eigenvalue weighted by Gasteiger charge is 2.26. The van der Waals surface area contributed by atoms with Crippen molar-refractivity contribution in [3.8, 4) is 0 Å². The molecule has 1 fully saturated rings. The van der Waals surface area contributed by atoms with Crippen LogP contribution in [0.15, 0.2) is 42.5 Å². The summed E-state index contributed by atoms with van der Waals surface area (Å²) in [5, 5.41) is 9.32. The second-order valence-corrected chi connectivity index (χ2v) is 7.40. The largest absolute Gasteiger partial charge is 0.392 e. The lowest BCUT2D eigenvalue weighted by Crippen LogP contribution is -2.02. The molecular formula is C22H28O. The Hall–Kier alpha value is -1.60. The fourth-order valence-corrected chi connectivity index (χ4v) is 3.49. The Morgan fingerprint density at radius 1 is 1.00 bits per heavy atom. The zero-order chi connectivity index (χ0) is 16.4. The van der Waals surface area contributed by atoms with Crippen molar-refractivity contribution in [2.75, 3.05) is 0 Å². The first-order valence-corrected chi connectivity index (χ1v) is 8.91. The molecule has 2 aromatic carbocycles. The van der Waals surface area contributed by atoms with E-state index in [1.54, 1.807) is 11.1 Å². The number of hydrogen-bond acceptors (Lipinski definition) is 1. The molecule has 0 amide bonds. The summed E-state index contributed by atoms with van der Waals surface area (Å²) in [4.78, 5) is 0. The normalized spacial score (nSPS) is 15.9. The van der Waals surface area contributed by atoms with Crippen LogP contribution in [0.25, 0.3) is 0 Å². The van der Waals surface area contributed by atoms with Crippen LogP contribution in [0.3, 0.4) is 0 Å².